The van der Waals surface area contributed by atoms with Gasteiger partial charge in [-0.05, 0) is 37.1 Å². The summed E-state index contributed by atoms with van der Waals surface area (Å²) in [5.41, 5.74) is 5.98. The van der Waals surface area contributed by atoms with E-state index in [0.717, 1.165) is 25.7 Å². The van der Waals surface area contributed by atoms with Gasteiger partial charge < -0.3 is 15.8 Å². The summed E-state index contributed by atoms with van der Waals surface area (Å²) in [6, 6.07) is 7.07. The lowest BCUT2D eigenvalue weighted by Crippen LogP contribution is -2.50. The van der Waals surface area contributed by atoms with Gasteiger partial charge in [-0.1, -0.05) is 24.4 Å². The molecule has 1 saturated carbocycles. The summed E-state index contributed by atoms with van der Waals surface area (Å²) in [7, 11) is 0. The van der Waals surface area contributed by atoms with Crippen LogP contribution in [0, 0.1) is 0 Å². The summed E-state index contributed by atoms with van der Waals surface area (Å²) in [6.07, 6.45) is 4.20. The zero-order valence-corrected chi connectivity index (χ0v) is 11.5. The van der Waals surface area contributed by atoms with Gasteiger partial charge in [-0.25, -0.2) is 0 Å². The highest BCUT2D eigenvalue weighted by Crippen LogP contribution is 2.17. The second-order valence-corrected chi connectivity index (χ2v) is 5.30. The topological polar surface area (TPSA) is 64.3 Å². The van der Waals surface area contributed by atoms with E-state index in [4.69, 9.17) is 22.1 Å². The maximum atomic E-state index is 11.8. The van der Waals surface area contributed by atoms with Crippen molar-refractivity contribution in [1.29, 1.82) is 0 Å². The van der Waals surface area contributed by atoms with Crippen molar-refractivity contribution in [2.45, 2.75) is 37.8 Å². The average molecular weight is 283 g/mol. The van der Waals surface area contributed by atoms with Crippen LogP contribution in [-0.2, 0) is 4.79 Å². The number of rotatable bonds is 4. The summed E-state index contributed by atoms with van der Waals surface area (Å²) in [6.45, 7) is 0.00481. The Morgan fingerprint density at radius 3 is 2.68 bits per heavy atom. The van der Waals surface area contributed by atoms with Crippen LogP contribution >= 0.6 is 11.6 Å². The molecule has 1 aromatic carbocycles. The normalized spacial score (nSPS) is 22.8. The first-order valence-electron chi connectivity index (χ1n) is 6.58. The number of nitrogens with one attached hydrogen (secondary N) is 1. The van der Waals surface area contributed by atoms with Gasteiger partial charge in [-0.2, -0.15) is 0 Å². The van der Waals surface area contributed by atoms with Crippen molar-refractivity contribution in [1.82, 2.24) is 5.32 Å². The number of ether oxygens (including phenoxy) is 1. The Balaban J connectivity index is 1.76. The van der Waals surface area contributed by atoms with E-state index in [-0.39, 0.29) is 24.6 Å². The van der Waals surface area contributed by atoms with Crippen molar-refractivity contribution >= 4 is 17.5 Å². The first-order valence-corrected chi connectivity index (χ1v) is 6.96. The molecule has 1 aliphatic carbocycles. The van der Waals surface area contributed by atoms with Gasteiger partial charge in [0.1, 0.15) is 5.75 Å². The van der Waals surface area contributed by atoms with Crippen LogP contribution in [0.4, 0.5) is 0 Å². The van der Waals surface area contributed by atoms with Crippen LogP contribution < -0.4 is 15.8 Å². The lowest BCUT2D eigenvalue weighted by atomic mass is 9.91. The Labute approximate surface area is 118 Å². The molecule has 1 aliphatic rings. The molecule has 0 aliphatic heterocycles. The predicted molar refractivity (Wildman–Crippen MR) is 75.3 cm³/mol. The first kappa shape index (κ1) is 14.2. The minimum absolute atomic E-state index is 0.00481. The monoisotopic (exact) mass is 282 g/mol. The second-order valence-electron chi connectivity index (χ2n) is 4.86. The van der Waals surface area contributed by atoms with Crippen LogP contribution in [0.5, 0.6) is 5.75 Å². The third-order valence-electron chi connectivity index (χ3n) is 3.35. The minimum Gasteiger partial charge on any atom is -0.484 e. The summed E-state index contributed by atoms with van der Waals surface area (Å²) in [5.74, 6) is 0.504. The fraction of sp³-hybridized carbons (Fsp3) is 0.500. The van der Waals surface area contributed by atoms with E-state index in [1.807, 2.05) is 0 Å². The lowest BCUT2D eigenvalue weighted by molar-refractivity contribution is -0.124. The number of benzene rings is 1. The van der Waals surface area contributed by atoms with Gasteiger partial charge in [0.25, 0.3) is 5.91 Å². The van der Waals surface area contributed by atoms with E-state index in [2.05, 4.69) is 5.32 Å². The van der Waals surface area contributed by atoms with Crippen molar-refractivity contribution in [3.05, 3.63) is 29.3 Å². The van der Waals surface area contributed by atoms with Gasteiger partial charge >= 0.3 is 0 Å². The number of carbonyl (C=O) groups excluding carboxylic acids is 1. The standard InChI is InChI=1S/C14H19ClN2O2/c15-10-5-7-11(8-6-10)19-9-14(18)17-13-4-2-1-3-12(13)16/h5-8,12-13H,1-4,9,16H2,(H,17,18)/t12-,13-/m1/s1. The zero-order chi connectivity index (χ0) is 13.7. The van der Waals surface area contributed by atoms with Crippen molar-refractivity contribution < 1.29 is 9.53 Å². The molecule has 0 spiro atoms. The molecule has 0 radical (unpaired) electrons. The maximum absolute atomic E-state index is 11.8. The molecule has 4 nitrogen and oxygen atoms in total. The van der Waals surface area contributed by atoms with Crippen LogP contribution in [0.2, 0.25) is 5.02 Å². The number of carbonyl (C=O) groups is 1. The van der Waals surface area contributed by atoms with Crippen LogP contribution in [0.1, 0.15) is 25.7 Å². The van der Waals surface area contributed by atoms with Gasteiger partial charge in [0, 0.05) is 17.1 Å². The molecular weight excluding hydrogens is 264 g/mol. The Morgan fingerprint density at radius 1 is 1.32 bits per heavy atom. The Bertz CT molecular complexity index is 422. The van der Waals surface area contributed by atoms with Crippen LogP contribution in [0.15, 0.2) is 24.3 Å². The number of halogens is 1. The molecule has 1 aromatic rings. The molecule has 0 unspecified atom stereocenters. The summed E-state index contributed by atoms with van der Waals surface area (Å²) < 4.78 is 5.39. The van der Waals surface area contributed by atoms with Crippen molar-refractivity contribution in [3.63, 3.8) is 0 Å². The number of hydrogen-bond donors (Lipinski definition) is 2. The third kappa shape index (κ3) is 4.40. The number of nitrogens with two attached hydrogens (primary N) is 1. The fourth-order valence-corrected chi connectivity index (χ4v) is 2.39. The maximum Gasteiger partial charge on any atom is 0.258 e. The van der Waals surface area contributed by atoms with E-state index in [9.17, 15) is 4.79 Å². The largest absolute Gasteiger partial charge is 0.484 e. The molecule has 19 heavy (non-hydrogen) atoms. The van der Waals surface area contributed by atoms with Gasteiger partial charge in [0.2, 0.25) is 0 Å². The van der Waals surface area contributed by atoms with E-state index >= 15 is 0 Å². The van der Waals surface area contributed by atoms with Gasteiger partial charge in [0.15, 0.2) is 6.61 Å². The summed E-state index contributed by atoms with van der Waals surface area (Å²) in [4.78, 5) is 11.8. The van der Waals surface area contributed by atoms with E-state index in [1.165, 1.54) is 0 Å². The highest BCUT2D eigenvalue weighted by molar-refractivity contribution is 6.30. The summed E-state index contributed by atoms with van der Waals surface area (Å²) in [5, 5.41) is 3.58. The van der Waals surface area contributed by atoms with Gasteiger partial charge in [-0.3, -0.25) is 4.79 Å². The predicted octanol–water partition coefficient (Wildman–Crippen LogP) is 2.10. The van der Waals surface area contributed by atoms with Crippen molar-refractivity contribution in [2.24, 2.45) is 5.73 Å². The smallest absolute Gasteiger partial charge is 0.258 e. The Hall–Kier alpha value is -1.26. The van der Waals surface area contributed by atoms with Gasteiger partial charge in [-0.15, -0.1) is 0 Å². The molecule has 1 amide bonds. The molecule has 104 valence electrons. The molecule has 0 bridgehead atoms. The van der Waals surface area contributed by atoms with Crippen LogP contribution in [0.25, 0.3) is 0 Å². The van der Waals surface area contributed by atoms with E-state index < -0.39 is 0 Å². The Kier molecular flexibility index (Phi) is 5.05. The minimum atomic E-state index is -0.127. The van der Waals surface area contributed by atoms with E-state index in [0.29, 0.717) is 10.8 Å². The number of amides is 1. The average Bonchev–Trinajstić information content (AvgIpc) is 2.41. The lowest BCUT2D eigenvalue weighted by Gasteiger charge is -2.29. The quantitative estimate of drug-likeness (QED) is 0.889. The SMILES string of the molecule is N[C@@H]1CCCC[C@H]1NC(=O)COc1ccc(Cl)cc1. The molecule has 3 N–H and O–H groups in total. The highest BCUT2D eigenvalue weighted by Gasteiger charge is 2.23. The van der Waals surface area contributed by atoms with Crippen LogP contribution in [-0.4, -0.2) is 24.6 Å². The van der Waals surface area contributed by atoms with Crippen LogP contribution in [0.3, 0.4) is 0 Å². The molecule has 0 heterocycles. The molecular formula is C14H19ClN2O2. The molecule has 5 heteroatoms. The van der Waals surface area contributed by atoms with E-state index in [1.54, 1.807) is 24.3 Å². The first-order chi connectivity index (χ1) is 9.15. The molecule has 0 saturated heterocycles. The summed E-state index contributed by atoms with van der Waals surface area (Å²) >= 11 is 5.77. The van der Waals surface area contributed by atoms with Gasteiger partial charge in [0.05, 0.1) is 0 Å². The highest BCUT2D eigenvalue weighted by atomic mass is 35.5. The zero-order valence-electron chi connectivity index (χ0n) is 10.8. The second kappa shape index (κ2) is 6.78. The molecule has 1 fully saturated rings. The molecule has 2 atom stereocenters. The third-order valence-corrected chi connectivity index (χ3v) is 3.60. The fourth-order valence-electron chi connectivity index (χ4n) is 2.27. The molecule has 2 rings (SSSR count). The van der Waals surface area contributed by atoms with Crippen molar-refractivity contribution in [2.75, 3.05) is 6.61 Å². The Morgan fingerprint density at radius 2 is 2.00 bits per heavy atom. The van der Waals surface area contributed by atoms with Crippen molar-refractivity contribution in [3.8, 4) is 5.75 Å². The number of hydrogen-bond acceptors (Lipinski definition) is 3. The molecule has 0 aromatic heterocycles.